The number of amides is 1. The number of benzene rings is 1. The van der Waals surface area contributed by atoms with Crippen molar-refractivity contribution >= 4 is 45.9 Å². The van der Waals surface area contributed by atoms with Crippen molar-refractivity contribution < 1.29 is 4.79 Å². The molecular formula is C18H18N2OS2. The van der Waals surface area contributed by atoms with Crippen molar-refractivity contribution in [2.45, 2.75) is 26.8 Å². The second-order valence-electron chi connectivity index (χ2n) is 5.58. The Labute approximate surface area is 144 Å². The maximum Gasteiger partial charge on any atom is 0.267 e. The lowest BCUT2D eigenvalue weighted by Crippen LogP contribution is -2.35. The highest BCUT2D eigenvalue weighted by Crippen LogP contribution is 2.36. The lowest BCUT2D eigenvalue weighted by molar-refractivity contribution is -0.123. The third-order valence-corrected chi connectivity index (χ3v) is 5.45. The molecule has 23 heavy (non-hydrogen) atoms. The summed E-state index contributed by atoms with van der Waals surface area (Å²) < 4.78 is 0. The first-order chi connectivity index (χ1) is 11.1. The zero-order valence-corrected chi connectivity index (χ0v) is 14.9. The molecule has 0 spiro atoms. The Morgan fingerprint density at radius 2 is 1.91 bits per heavy atom. The molecule has 1 amide bonds. The average Bonchev–Trinajstić information content (AvgIpc) is 3.05. The number of para-hydroxylation sites is 1. The quantitative estimate of drug-likeness (QED) is 0.730. The third kappa shape index (κ3) is 3.41. The van der Waals surface area contributed by atoms with Gasteiger partial charge in [0.25, 0.3) is 5.91 Å². The van der Waals surface area contributed by atoms with Crippen LogP contribution in [0.25, 0.3) is 6.08 Å². The molecule has 2 heterocycles. The standard InChI is InChI=1S/C18H18N2OS2/c1-12(2)20-17(21)16(11-15-13(3)9-10-22-15)23-18(20)19-14-7-5-4-6-8-14/h4-12H,1-3H3/b16-11+,19-18?. The van der Waals surface area contributed by atoms with E-state index in [2.05, 4.69) is 18.0 Å². The number of aliphatic imine (C=N–C) groups is 1. The van der Waals surface area contributed by atoms with E-state index in [1.54, 1.807) is 16.2 Å². The molecule has 0 radical (unpaired) electrons. The Bertz CT molecular complexity index is 775. The van der Waals surface area contributed by atoms with Gasteiger partial charge in [-0.1, -0.05) is 18.2 Å². The summed E-state index contributed by atoms with van der Waals surface area (Å²) in [5.74, 6) is 0.0347. The third-order valence-electron chi connectivity index (χ3n) is 3.50. The second kappa shape index (κ2) is 6.72. The van der Waals surface area contributed by atoms with Gasteiger partial charge in [0.1, 0.15) is 0 Å². The van der Waals surface area contributed by atoms with Crippen LogP contribution >= 0.6 is 23.1 Å². The number of hydrogen-bond acceptors (Lipinski definition) is 4. The zero-order chi connectivity index (χ0) is 16.4. The van der Waals surface area contributed by atoms with E-state index in [4.69, 9.17) is 0 Å². The van der Waals surface area contributed by atoms with E-state index < -0.39 is 0 Å². The molecule has 1 saturated heterocycles. The Balaban J connectivity index is 1.98. The lowest BCUT2D eigenvalue weighted by atomic mass is 10.2. The van der Waals surface area contributed by atoms with Crippen LogP contribution in [-0.4, -0.2) is 22.0 Å². The predicted octanol–water partition coefficient (Wildman–Crippen LogP) is 5.07. The number of carbonyl (C=O) groups is 1. The van der Waals surface area contributed by atoms with E-state index in [-0.39, 0.29) is 11.9 Å². The number of rotatable bonds is 3. The Hall–Kier alpha value is -1.85. The average molecular weight is 342 g/mol. The largest absolute Gasteiger partial charge is 0.284 e. The summed E-state index contributed by atoms with van der Waals surface area (Å²) in [7, 11) is 0. The summed E-state index contributed by atoms with van der Waals surface area (Å²) in [5, 5.41) is 2.79. The summed E-state index contributed by atoms with van der Waals surface area (Å²) in [5.41, 5.74) is 2.06. The second-order valence-corrected chi connectivity index (χ2v) is 7.53. The van der Waals surface area contributed by atoms with Crippen molar-refractivity contribution in [3.8, 4) is 0 Å². The lowest BCUT2D eigenvalue weighted by Gasteiger charge is -2.19. The van der Waals surface area contributed by atoms with E-state index in [0.717, 1.165) is 20.6 Å². The van der Waals surface area contributed by atoms with Gasteiger partial charge in [-0.05, 0) is 67.8 Å². The van der Waals surface area contributed by atoms with E-state index >= 15 is 0 Å². The van der Waals surface area contributed by atoms with E-state index in [0.29, 0.717) is 0 Å². The molecule has 2 aromatic rings. The fourth-order valence-corrected chi connectivity index (χ4v) is 4.32. The van der Waals surface area contributed by atoms with E-state index in [1.807, 2.05) is 55.6 Å². The fourth-order valence-electron chi connectivity index (χ4n) is 2.28. The molecule has 1 fully saturated rings. The molecule has 1 aromatic carbocycles. The van der Waals surface area contributed by atoms with Crippen LogP contribution in [0.15, 0.2) is 51.7 Å². The van der Waals surface area contributed by atoms with Gasteiger partial charge in [-0.15, -0.1) is 11.3 Å². The molecule has 1 aliphatic heterocycles. The molecule has 0 aliphatic carbocycles. The summed E-state index contributed by atoms with van der Waals surface area (Å²) in [6, 6.07) is 11.9. The maximum atomic E-state index is 12.7. The van der Waals surface area contributed by atoms with Gasteiger partial charge in [0.2, 0.25) is 0 Å². The minimum absolute atomic E-state index is 0.0347. The minimum atomic E-state index is 0.0347. The Morgan fingerprint density at radius 1 is 1.17 bits per heavy atom. The summed E-state index contributed by atoms with van der Waals surface area (Å²) in [4.78, 5) is 21.0. The monoisotopic (exact) mass is 342 g/mol. The van der Waals surface area contributed by atoms with Gasteiger partial charge in [-0.25, -0.2) is 4.99 Å². The van der Waals surface area contributed by atoms with E-state index in [9.17, 15) is 4.79 Å². The molecule has 5 heteroatoms. The van der Waals surface area contributed by atoms with Crippen LogP contribution < -0.4 is 0 Å². The summed E-state index contributed by atoms with van der Waals surface area (Å²) in [6.45, 7) is 6.09. The first-order valence-electron chi connectivity index (χ1n) is 7.47. The van der Waals surface area contributed by atoms with E-state index in [1.165, 1.54) is 17.3 Å². The first kappa shape index (κ1) is 16.0. The molecule has 0 saturated carbocycles. The normalized spacial score (nSPS) is 18.6. The molecule has 3 nitrogen and oxygen atoms in total. The number of amidine groups is 1. The number of nitrogens with zero attached hydrogens (tertiary/aromatic N) is 2. The van der Waals surface area contributed by atoms with Crippen LogP contribution in [0.4, 0.5) is 5.69 Å². The summed E-state index contributed by atoms with van der Waals surface area (Å²) >= 11 is 3.10. The van der Waals surface area contributed by atoms with Crippen LogP contribution in [0.2, 0.25) is 0 Å². The van der Waals surface area contributed by atoms with Gasteiger partial charge in [0.15, 0.2) is 5.17 Å². The molecule has 0 N–H and O–H groups in total. The minimum Gasteiger partial charge on any atom is -0.284 e. The van der Waals surface area contributed by atoms with Gasteiger partial charge in [-0.3, -0.25) is 9.69 Å². The van der Waals surface area contributed by atoms with Crippen LogP contribution in [0.3, 0.4) is 0 Å². The number of aryl methyl sites for hydroxylation is 1. The molecule has 1 aromatic heterocycles. The number of thioether (sulfide) groups is 1. The van der Waals surface area contributed by atoms with Crippen LogP contribution in [0.1, 0.15) is 24.3 Å². The molecule has 3 rings (SSSR count). The number of thiophene rings is 1. The van der Waals surface area contributed by atoms with Crippen LogP contribution in [0.5, 0.6) is 0 Å². The van der Waals surface area contributed by atoms with Gasteiger partial charge >= 0.3 is 0 Å². The van der Waals surface area contributed by atoms with Crippen LogP contribution in [-0.2, 0) is 4.79 Å². The van der Waals surface area contributed by atoms with Crippen molar-refractivity contribution in [1.29, 1.82) is 0 Å². The molecular weight excluding hydrogens is 324 g/mol. The molecule has 1 aliphatic rings. The van der Waals surface area contributed by atoms with Gasteiger partial charge in [0, 0.05) is 10.9 Å². The van der Waals surface area contributed by atoms with Crippen molar-refractivity contribution in [1.82, 2.24) is 4.90 Å². The van der Waals surface area contributed by atoms with Gasteiger partial charge in [-0.2, -0.15) is 0 Å². The molecule has 118 valence electrons. The Kier molecular flexibility index (Phi) is 4.68. The van der Waals surface area contributed by atoms with Crippen molar-refractivity contribution in [3.63, 3.8) is 0 Å². The zero-order valence-electron chi connectivity index (χ0n) is 13.3. The first-order valence-corrected chi connectivity index (χ1v) is 9.17. The number of carbonyl (C=O) groups excluding carboxylic acids is 1. The number of hydrogen-bond donors (Lipinski definition) is 0. The molecule has 0 atom stereocenters. The highest BCUT2D eigenvalue weighted by Gasteiger charge is 2.35. The molecule has 0 unspecified atom stereocenters. The van der Waals surface area contributed by atoms with Crippen molar-refractivity contribution in [2.75, 3.05) is 0 Å². The highest BCUT2D eigenvalue weighted by molar-refractivity contribution is 8.18. The topological polar surface area (TPSA) is 32.7 Å². The fraction of sp³-hybridized carbons (Fsp3) is 0.222. The van der Waals surface area contributed by atoms with Gasteiger partial charge in [0.05, 0.1) is 10.6 Å². The SMILES string of the molecule is Cc1ccsc1/C=C1/SC(=Nc2ccccc2)N(C(C)C)C1=O. The van der Waals surface area contributed by atoms with Crippen LogP contribution in [0, 0.1) is 6.92 Å². The van der Waals surface area contributed by atoms with Crippen molar-refractivity contribution in [3.05, 3.63) is 57.1 Å². The van der Waals surface area contributed by atoms with Crippen molar-refractivity contribution in [2.24, 2.45) is 4.99 Å². The Morgan fingerprint density at radius 3 is 2.52 bits per heavy atom. The summed E-state index contributed by atoms with van der Waals surface area (Å²) in [6.07, 6.45) is 1.98. The smallest absolute Gasteiger partial charge is 0.267 e. The molecule has 0 bridgehead atoms. The highest BCUT2D eigenvalue weighted by atomic mass is 32.2. The van der Waals surface area contributed by atoms with Gasteiger partial charge < -0.3 is 0 Å². The predicted molar refractivity (Wildman–Crippen MR) is 100 cm³/mol. The maximum absolute atomic E-state index is 12.7.